The SMILES string of the molecule is COc1ccc(S(=O)(=O)N(CC(=O)NCCCn2ccnc2)Cc2ccccc2)cc1. The van der Waals surface area contributed by atoms with E-state index in [0.717, 1.165) is 12.1 Å². The summed E-state index contributed by atoms with van der Waals surface area (Å²) in [6.07, 6.45) is 5.98. The van der Waals surface area contributed by atoms with E-state index < -0.39 is 10.0 Å². The van der Waals surface area contributed by atoms with E-state index in [-0.39, 0.29) is 23.9 Å². The first-order valence-electron chi connectivity index (χ1n) is 9.89. The average Bonchev–Trinajstić information content (AvgIpc) is 3.30. The van der Waals surface area contributed by atoms with Crippen LogP contribution in [0.4, 0.5) is 0 Å². The van der Waals surface area contributed by atoms with Crippen LogP contribution in [0.25, 0.3) is 0 Å². The van der Waals surface area contributed by atoms with Crippen molar-refractivity contribution in [3.05, 3.63) is 78.9 Å². The monoisotopic (exact) mass is 442 g/mol. The van der Waals surface area contributed by atoms with Gasteiger partial charge in [-0.2, -0.15) is 4.31 Å². The van der Waals surface area contributed by atoms with Crippen LogP contribution in [0.5, 0.6) is 5.75 Å². The molecule has 0 saturated carbocycles. The van der Waals surface area contributed by atoms with E-state index in [0.29, 0.717) is 18.7 Å². The molecule has 1 heterocycles. The van der Waals surface area contributed by atoms with E-state index in [1.165, 1.54) is 23.5 Å². The molecule has 0 unspecified atom stereocenters. The summed E-state index contributed by atoms with van der Waals surface area (Å²) >= 11 is 0. The van der Waals surface area contributed by atoms with E-state index in [1.54, 1.807) is 24.7 Å². The topological polar surface area (TPSA) is 93.5 Å². The number of carbonyl (C=O) groups is 1. The fourth-order valence-corrected chi connectivity index (χ4v) is 4.42. The van der Waals surface area contributed by atoms with Gasteiger partial charge in [0.05, 0.1) is 24.9 Å². The lowest BCUT2D eigenvalue weighted by atomic mass is 10.2. The first-order chi connectivity index (χ1) is 15.0. The molecule has 164 valence electrons. The highest BCUT2D eigenvalue weighted by Gasteiger charge is 2.27. The van der Waals surface area contributed by atoms with Gasteiger partial charge in [-0.05, 0) is 36.2 Å². The van der Waals surface area contributed by atoms with Gasteiger partial charge in [-0.1, -0.05) is 30.3 Å². The first-order valence-corrected chi connectivity index (χ1v) is 11.3. The maximum atomic E-state index is 13.3. The van der Waals surface area contributed by atoms with Crippen molar-refractivity contribution in [1.29, 1.82) is 0 Å². The lowest BCUT2D eigenvalue weighted by Gasteiger charge is -2.22. The molecule has 0 atom stereocenters. The van der Waals surface area contributed by atoms with E-state index in [2.05, 4.69) is 10.3 Å². The van der Waals surface area contributed by atoms with Gasteiger partial charge in [-0.15, -0.1) is 0 Å². The third-order valence-corrected chi connectivity index (χ3v) is 6.50. The zero-order chi connectivity index (χ0) is 22.1. The van der Waals surface area contributed by atoms with Gasteiger partial charge in [-0.25, -0.2) is 13.4 Å². The van der Waals surface area contributed by atoms with E-state index in [4.69, 9.17) is 4.74 Å². The number of aryl methyl sites for hydroxylation is 1. The molecule has 3 rings (SSSR count). The quantitative estimate of drug-likeness (QED) is 0.460. The van der Waals surface area contributed by atoms with Crippen molar-refractivity contribution in [3.8, 4) is 5.75 Å². The largest absolute Gasteiger partial charge is 0.497 e. The number of carbonyl (C=O) groups excluding carboxylic acids is 1. The Kier molecular flexibility index (Phi) is 7.80. The lowest BCUT2D eigenvalue weighted by Crippen LogP contribution is -2.40. The van der Waals surface area contributed by atoms with Crippen LogP contribution in [0, 0.1) is 0 Å². The van der Waals surface area contributed by atoms with Crippen LogP contribution in [-0.2, 0) is 27.9 Å². The summed E-state index contributed by atoms with van der Waals surface area (Å²) < 4.78 is 34.7. The molecular weight excluding hydrogens is 416 g/mol. The average molecular weight is 443 g/mol. The Bertz CT molecular complexity index is 1050. The van der Waals surface area contributed by atoms with Gasteiger partial charge in [0.25, 0.3) is 0 Å². The Hall–Kier alpha value is -3.17. The summed E-state index contributed by atoms with van der Waals surface area (Å²) in [5.41, 5.74) is 0.799. The van der Waals surface area contributed by atoms with Gasteiger partial charge in [0.2, 0.25) is 15.9 Å². The highest BCUT2D eigenvalue weighted by Crippen LogP contribution is 2.21. The maximum Gasteiger partial charge on any atom is 0.243 e. The smallest absolute Gasteiger partial charge is 0.243 e. The second-order valence-electron chi connectivity index (χ2n) is 6.94. The zero-order valence-corrected chi connectivity index (χ0v) is 18.2. The van der Waals surface area contributed by atoms with Gasteiger partial charge in [-0.3, -0.25) is 4.79 Å². The summed E-state index contributed by atoms with van der Waals surface area (Å²) in [6.45, 7) is 0.989. The van der Waals surface area contributed by atoms with Gasteiger partial charge in [0.1, 0.15) is 5.75 Å². The standard InChI is InChI=1S/C22H26N4O4S/c1-30-20-8-10-21(11-9-20)31(28,29)26(16-19-6-3-2-4-7-19)17-22(27)24-12-5-14-25-15-13-23-18-25/h2-4,6-11,13,15,18H,5,12,14,16-17H2,1H3,(H,24,27). The number of rotatable bonds is 11. The minimum Gasteiger partial charge on any atom is -0.497 e. The molecule has 1 N–H and O–H groups in total. The molecule has 1 aromatic heterocycles. The van der Waals surface area contributed by atoms with Crippen LogP contribution in [0.3, 0.4) is 0 Å². The van der Waals surface area contributed by atoms with Crippen LogP contribution < -0.4 is 10.1 Å². The number of nitrogens with one attached hydrogen (secondary N) is 1. The normalized spacial score (nSPS) is 11.4. The Morgan fingerprint density at radius 1 is 1.13 bits per heavy atom. The number of benzene rings is 2. The van der Waals surface area contributed by atoms with Crippen molar-refractivity contribution in [2.75, 3.05) is 20.2 Å². The van der Waals surface area contributed by atoms with Crippen molar-refractivity contribution >= 4 is 15.9 Å². The molecule has 0 aliphatic heterocycles. The Balaban J connectivity index is 1.68. The van der Waals surface area contributed by atoms with E-state index in [9.17, 15) is 13.2 Å². The Morgan fingerprint density at radius 3 is 2.52 bits per heavy atom. The molecule has 31 heavy (non-hydrogen) atoms. The second kappa shape index (κ2) is 10.7. The minimum absolute atomic E-state index is 0.0949. The Labute approximate surface area is 182 Å². The third kappa shape index (κ3) is 6.40. The van der Waals surface area contributed by atoms with Crippen LogP contribution in [-0.4, -0.2) is 48.4 Å². The highest BCUT2D eigenvalue weighted by molar-refractivity contribution is 7.89. The number of hydrogen-bond donors (Lipinski definition) is 1. The molecule has 2 aromatic carbocycles. The number of sulfonamides is 1. The molecule has 9 heteroatoms. The number of nitrogens with zero attached hydrogens (tertiary/aromatic N) is 3. The summed E-state index contributed by atoms with van der Waals surface area (Å²) in [4.78, 5) is 16.6. The third-order valence-electron chi connectivity index (χ3n) is 4.69. The molecule has 0 fully saturated rings. The number of amides is 1. The molecule has 3 aromatic rings. The summed E-state index contributed by atoms with van der Waals surface area (Å²) in [5.74, 6) is 0.211. The van der Waals surface area contributed by atoms with Crippen molar-refractivity contribution in [2.24, 2.45) is 0 Å². The van der Waals surface area contributed by atoms with Gasteiger partial charge in [0.15, 0.2) is 0 Å². The second-order valence-corrected chi connectivity index (χ2v) is 8.88. The predicted molar refractivity (Wildman–Crippen MR) is 117 cm³/mol. The first kappa shape index (κ1) is 22.5. The number of aromatic nitrogens is 2. The molecule has 8 nitrogen and oxygen atoms in total. The number of hydrogen-bond acceptors (Lipinski definition) is 5. The molecular formula is C22H26N4O4S. The molecule has 0 aliphatic rings. The fraction of sp³-hybridized carbons (Fsp3) is 0.273. The molecule has 1 amide bonds. The number of ether oxygens (including phenoxy) is 1. The van der Waals surface area contributed by atoms with Crippen LogP contribution in [0.1, 0.15) is 12.0 Å². The lowest BCUT2D eigenvalue weighted by molar-refractivity contribution is -0.121. The maximum absolute atomic E-state index is 13.3. The molecule has 0 bridgehead atoms. The molecule has 0 spiro atoms. The summed E-state index contributed by atoms with van der Waals surface area (Å²) in [5, 5.41) is 2.80. The Morgan fingerprint density at radius 2 is 1.87 bits per heavy atom. The number of imidazole rings is 1. The van der Waals surface area contributed by atoms with Gasteiger partial charge in [0, 0.05) is 32.0 Å². The number of methoxy groups -OCH3 is 1. The summed E-state index contributed by atoms with van der Waals surface area (Å²) in [7, 11) is -2.36. The van der Waals surface area contributed by atoms with Gasteiger partial charge >= 0.3 is 0 Å². The van der Waals surface area contributed by atoms with Crippen molar-refractivity contribution in [1.82, 2.24) is 19.2 Å². The fourth-order valence-electron chi connectivity index (χ4n) is 3.03. The van der Waals surface area contributed by atoms with Crippen molar-refractivity contribution in [2.45, 2.75) is 24.4 Å². The van der Waals surface area contributed by atoms with Crippen molar-refractivity contribution < 1.29 is 17.9 Å². The van der Waals surface area contributed by atoms with Crippen LogP contribution in [0.2, 0.25) is 0 Å². The zero-order valence-electron chi connectivity index (χ0n) is 17.3. The molecule has 0 saturated heterocycles. The van der Waals surface area contributed by atoms with Crippen LogP contribution in [0.15, 0.2) is 78.2 Å². The summed E-state index contributed by atoms with van der Waals surface area (Å²) in [6, 6.07) is 15.3. The van der Waals surface area contributed by atoms with E-state index >= 15 is 0 Å². The van der Waals surface area contributed by atoms with E-state index in [1.807, 2.05) is 41.1 Å². The minimum atomic E-state index is -3.88. The molecule has 0 radical (unpaired) electrons. The van der Waals surface area contributed by atoms with Gasteiger partial charge < -0.3 is 14.6 Å². The highest BCUT2D eigenvalue weighted by atomic mass is 32.2. The van der Waals surface area contributed by atoms with Crippen molar-refractivity contribution in [3.63, 3.8) is 0 Å². The predicted octanol–water partition coefficient (Wildman–Crippen LogP) is 2.29. The van der Waals surface area contributed by atoms with Crippen LogP contribution >= 0.6 is 0 Å². The molecule has 0 aliphatic carbocycles.